The maximum absolute atomic E-state index is 13.6. The Morgan fingerprint density at radius 3 is 2.55 bits per heavy atom. The third-order valence-electron chi connectivity index (χ3n) is 7.57. The summed E-state index contributed by atoms with van der Waals surface area (Å²) in [6.07, 6.45) is 0.282. The number of nitrogens with two attached hydrogens (primary N) is 1. The van der Waals surface area contributed by atoms with Gasteiger partial charge in [0.05, 0.1) is 47.4 Å². The van der Waals surface area contributed by atoms with E-state index in [1.54, 1.807) is 54.6 Å². The molecule has 0 bridgehead atoms. The predicted molar refractivity (Wildman–Crippen MR) is 160 cm³/mol. The van der Waals surface area contributed by atoms with Gasteiger partial charge in [-0.05, 0) is 54.4 Å². The number of halogens is 3. The van der Waals surface area contributed by atoms with E-state index < -0.39 is 17.6 Å². The van der Waals surface area contributed by atoms with Crippen molar-refractivity contribution in [3.63, 3.8) is 0 Å². The number of nitrogen functional groups attached to an aromatic ring is 1. The molecule has 1 saturated heterocycles. The first kappa shape index (κ1) is 28.9. The molecule has 3 heterocycles. The normalized spacial score (nSPS) is 13.8. The number of aryl methyl sites for hydroxylation is 2. The van der Waals surface area contributed by atoms with Crippen LogP contribution in [0.5, 0.6) is 5.75 Å². The highest BCUT2D eigenvalue weighted by Crippen LogP contribution is 2.44. The van der Waals surface area contributed by atoms with Gasteiger partial charge in [0, 0.05) is 54.6 Å². The van der Waals surface area contributed by atoms with Crippen LogP contribution < -0.4 is 16.0 Å². The van der Waals surface area contributed by atoms with Gasteiger partial charge in [0.1, 0.15) is 5.75 Å². The SMILES string of the molecule is Cc1ccc(C(=O)Nc2cc(C(F)(F)F)ccc2N2CCOCC2)cc1-c1cc2cnc(N)nc2c(-c2cnn(C)c2)c1O. The monoisotopic (exact) mass is 603 g/mol. The summed E-state index contributed by atoms with van der Waals surface area (Å²) in [5.41, 5.74) is 8.80. The first-order valence-electron chi connectivity index (χ1n) is 13.7. The number of phenolic OH excluding ortho intramolecular Hbond substituents is 1. The molecule has 44 heavy (non-hydrogen) atoms. The molecule has 1 amide bonds. The first-order chi connectivity index (χ1) is 21.0. The number of carbonyl (C=O) groups is 1. The van der Waals surface area contributed by atoms with Crippen molar-refractivity contribution in [1.29, 1.82) is 0 Å². The van der Waals surface area contributed by atoms with Crippen molar-refractivity contribution < 1.29 is 27.8 Å². The molecule has 3 aromatic carbocycles. The molecule has 1 aliphatic heterocycles. The van der Waals surface area contributed by atoms with Crippen LogP contribution in [0, 0.1) is 6.92 Å². The maximum Gasteiger partial charge on any atom is 0.416 e. The van der Waals surface area contributed by atoms with E-state index in [0.717, 1.165) is 17.7 Å². The molecule has 5 aromatic rings. The van der Waals surface area contributed by atoms with Crippen molar-refractivity contribution in [2.45, 2.75) is 13.1 Å². The molecule has 0 aliphatic carbocycles. The molecule has 2 aromatic heterocycles. The lowest BCUT2D eigenvalue weighted by atomic mass is 9.92. The fourth-order valence-corrected chi connectivity index (χ4v) is 5.35. The van der Waals surface area contributed by atoms with Gasteiger partial charge in [0.25, 0.3) is 5.91 Å². The van der Waals surface area contributed by atoms with Crippen LogP contribution >= 0.6 is 0 Å². The molecule has 1 fully saturated rings. The lowest BCUT2D eigenvalue weighted by molar-refractivity contribution is -0.137. The number of rotatable bonds is 5. The highest BCUT2D eigenvalue weighted by atomic mass is 19.4. The number of nitrogens with zero attached hydrogens (tertiary/aromatic N) is 5. The zero-order valence-corrected chi connectivity index (χ0v) is 23.8. The van der Waals surface area contributed by atoms with E-state index in [1.807, 2.05) is 11.8 Å². The van der Waals surface area contributed by atoms with Crippen molar-refractivity contribution in [3.8, 4) is 28.0 Å². The van der Waals surface area contributed by atoms with Crippen molar-refractivity contribution >= 4 is 34.1 Å². The topological polar surface area (TPSA) is 131 Å². The molecule has 0 unspecified atom stereocenters. The molecule has 0 radical (unpaired) electrons. The number of benzene rings is 3. The summed E-state index contributed by atoms with van der Waals surface area (Å²) in [5.74, 6) is -0.670. The number of morpholine rings is 1. The summed E-state index contributed by atoms with van der Waals surface area (Å²) in [7, 11) is 1.75. The molecular formula is C31H28F3N7O3. The largest absolute Gasteiger partial charge is 0.507 e. The Balaban J connectivity index is 1.43. The van der Waals surface area contributed by atoms with E-state index in [4.69, 9.17) is 10.5 Å². The minimum Gasteiger partial charge on any atom is -0.507 e. The number of anilines is 3. The van der Waals surface area contributed by atoms with Crippen LogP contribution in [0.3, 0.4) is 0 Å². The number of hydrogen-bond acceptors (Lipinski definition) is 8. The number of hydrogen-bond donors (Lipinski definition) is 3. The second kappa shape index (κ2) is 11.2. The number of aromatic nitrogens is 4. The highest BCUT2D eigenvalue weighted by molar-refractivity contribution is 6.08. The average molecular weight is 604 g/mol. The Kier molecular flexibility index (Phi) is 7.33. The van der Waals surface area contributed by atoms with E-state index in [0.29, 0.717) is 65.1 Å². The number of ether oxygens (including phenoxy) is 1. The first-order valence-corrected chi connectivity index (χ1v) is 13.7. The van der Waals surface area contributed by atoms with Crippen molar-refractivity contribution in [3.05, 3.63) is 77.7 Å². The van der Waals surface area contributed by atoms with Gasteiger partial charge in [-0.1, -0.05) is 6.07 Å². The zero-order chi connectivity index (χ0) is 31.2. The highest BCUT2D eigenvalue weighted by Gasteiger charge is 2.32. The van der Waals surface area contributed by atoms with Crippen LogP contribution in [0.15, 0.2) is 61.1 Å². The number of aromatic hydroxyl groups is 1. The van der Waals surface area contributed by atoms with Crippen molar-refractivity contribution in [2.75, 3.05) is 42.3 Å². The van der Waals surface area contributed by atoms with Gasteiger partial charge in [-0.3, -0.25) is 9.48 Å². The quantitative estimate of drug-likeness (QED) is 0.243. The summed E-state index contributed by atoms with van der Waals surface area (Å²) in [6.45, 7) is 3.61. The molecule has 0 atom stereocenters. The number of nitrogens with one attached hydrogen (secondary N) is 1. The molecule has 1 aliphatic rings. The van der Waals surface area contributed by atoms with Crippen LogP contribution in [-0.2, 0) is 18.0 Å². The van der Waals surface area contributed by atoms with Gasteiger partial charge in [-0.25, -0.2) is 9.97 Å². The van der Waals surface area contributed by atoms with Gasteiger partial charge < -0.3 is 25.8 Å². The molecule has 13 heteroatoms. The van der Waals surface area contributed by atoms with Crippen LogP contribution in [0.25, 0.3) is 33.2 Å². The third kappa shape index (κ3) is 5.49. The van der Waals surface area contributed by atoms with Gasteiger partial charge in [-0.15, -0.1) is 0 Å². The number of phenols is 1. The van der Waals surface area contributed by atoms with Crippen LogP contribution in [0.2, 0.25) is 0 Å². The van der Waals surface area contributed by atoms with Crippen molar-refractivity contribution in [2.24, 2.45) is 7.05 Å². The van der Waals surface area contributed by atoms with E-state index in [1.165, 1.54) is 6.07 Å². The number of carbonyl (C=O) groups excluding carboxylic acids is 1. The van der Waals surface area contributed by atoms with E-state index in [-0.39, 0.29) is 22.9 Å². The van der Waals surface area contributed by atoms with Crippen LogP contribution in [0.4, 0.5) is 30.5 Å². The van der Waals surface area contributed by atoms with Gasteiger partial charge in [0.15, 0.2) is 0 Å². The molecule has 6 rings (SSSR count). The maximum atomic E-state index is 13.6. The van der Waals surface area contributed by atoms with Crippen molar-refractivity contribution in [1.82, 2.24) is 19.7 Å². The minimum absolute atomic E-state index is 0.0377. The van der Waals surface area contributed by atoms with Crippen LogP contribution in [0.1, 0.15) is 21.5 Å². The van der Waals surface area contributed by atoms with Gasteiger partial charge in [0.2, 0.25) is 5.95 Å². The van der Waals surface area contributed by atoms with Gasteiger partial charge >= 0.3 is 6.18 Å². The summed E-state index contributed by atoms with van der Waals surface area (Å²) in [6, 6.07) is 9.91. The lowest BCUT2D eigenvalue weighted by Gasteiger charge is -2.31. The Labute approximate surface area is 249 Å². The second-order valence-electron chi connectivity index (χ2n) is 10.5. The molecule has 226 valence electrons. The summed E-state index contributed by atoms with van der Waals surface area (Å²) < 4.78 is 47.8. The van der Waals surface area contributed by atoms with E-state index in [2.05, 4.69) is 20.4 Å². The summed E-state index contributed by atoms with van der Waals surface area (Å²) in [4.78, 5) is 23.9. The molecular weight excluding hydrogens is 575 g/mol. The number of alkyl halides is 3. The predicted octanol–water partition coefficient (Wildman–Crippen LogP) is 5.40. The summed E-state index contributed by atoms with van der Waals surface area (Å²) in [5, 5.41) is 19.1. The smallest absolute Gasteiger partial charge is 0.416 e. The fourth-order valence-electron chi connectivity index (χ4n) is 5.35. The number of fused-ring (bicyclic) bond motifs is 1. The minimum atomic E-state index is -4.59. The average Bonchev–Trinajstić information content (AvgIpc) is 3.42. The standard InChI is InChI=1S/C31H28F3N7O3/c1-17-3-4-18(29(43)38-24-13-21(31(32,33)34)5-6-25(24)41-7-9-44-10-8-41)11-22(17)23-12-19-14-36-30(35)39-27(19)26(28(23)42)20-15-37-40(2)16-20/h3-6,11-16,42H,7-10H2,1-2H3,(H,38,43)(H2,35,36,39). The Morgan fingerprint density at radius 2 is 1.84 bits per heavy atom. The lowest BCUT2D eigenvalue weighted by Crippen LogP contribution is -2.36. The second-order valence-corrected chi connectivity index (χ2v) is 10.5. The van der Waals surface area contributed by atoms with Gasteiger partial charge in [-0.2, -0.15) is 18.3 Å². The zero-order valence-electron chi connectivity index (χ0n) is 23.8. The molecule has 4 N–H and O–H groups in total. The molecule has 10 nitrogen and oxygen atoms in total. The van der Waals surface area contributed by atoms with E-state index in [9.17, 15) is 23.1 Å². The Hall–Kier alpha value is -5.17. The number of amides is 1. The third-order valence-corrected chi connectivity index (χ3v) is 7.57. The molecule has 0 spiro atoms. The molecule has 0 saturated carbocycles. The Morgan fingerprint density at radius 1 is 1.07 bits per heavy atom. The summed E-state index contributed by atoms with van der Waals surface area (Å²) >= 11 is 0. The van der Waals surface area contributed by atoms with Crippen LogP contribution in [-0.4, -0.2) is 57.1 Å². The van der Waals surface area contributed by atoms with E-state index >= 15 is 0 Å². The Bertz CT molecular complexity index is 1900. The fraction of sp³-hybridized carbons (Fsp3) is 0.226.